The summed E-state index contributed by atoms with van der Waals surface area (Å²) in [6, 6.07) is 0.827. The predicted molar refractivity (Wildman–Crippen MR) is 88.9 cm³/mol. The van der Waals surface area contributed by atoms with Gasteiger partial charge in [-0.3, -0.25) is 0 Å². The molecule has 0 heterocycles. The summed E-state index contributed by atoms with van der Waals surface area (Å²) in [4.78, 5) is 0. The molecule has 0 amide bonds. The molecule has 2 rings (SSSR count). The highest BCUT2D eigenvalue weighted by Gasteiger charge is 2.30. The molecule has 0 spiro atoms. The van der Waals surface area contributed by atoms with Crippen LogP contribution in [0.2, 0.25) is 0 Å². The van der Waals surface area contributed by atoms with E-state index in [2.05, 4.69) is 31.3 Å². The second-order valence-corrected chi connectivity index (χ2v) is 7.10. The largest absolute Gasteiger partial charge is 0.314 e. The number of nitrogens with one attached hydrogen (secondary N) is 1. The molecule has 1 N–H and O–H groups in total. The number of allylic oxidation sites excluding steroid dienone is 2. The van der Waals surface area contributed by atoms with Crippen molar-refractivity contribution in [2.45, 2.75) is 84.1 Å². The maximum Gasteiger partial charge on any atom is 0.00671 e. The van der Waals surface area contributed by atoms with Crippen LogP contribution >= 0.6 is 0 Å². The Morgan fingerprint density at radius 2 is 1.50 bits per heavy atom. The van der Waals surface area contributed by atoms with Crippen LogP contribution in [0.15, 0.2) is 12.2 Å². The van der Waals surface area contributed by atoms with Gasteiger partial charge >= 0.3 is 0 Å². The lowest BCUT2D eigenvalue weighted by molar-refractivity contribution is 0.152. The van der Waals surface area contributed by atoms with Gasteiger partial charge in [-0.05, 0) is 82.6 Å². The summed E-state index contributed by atoms with van der Waals surface area (Å²) in [7, 11) is 0. The molecule has 1 heteroatoms. The molecular formula is C19H35N. The van der Waals surface area contributed by atoms with Crippen molar-refractivity contribution in [2.24, 2.45) is 17.8 Å². The first-order valence-electron chi connectivity index (χ1n) is 9.18. The Balaban J connectivity index is 1.64. The van der Waals surface area contributed by atoms with E-state index in [0.29, 0.717) is 0 Å². The molecule has 0 bridgehead atoms. The smallest absolute Gasteiger partial charge is 0.00671 e. The van der Waals surface area contributed by atoms with Gasteiger partial charge in [0.1, 0.15) is 0 Å². The fourth-order valence-corrected chi connectivity index (χ4v) is 4.53. The third kappa shape index (κ3) is 4.91. The van der Waals surface area contributed by atoms with Gasteiger partial charge in [0.15, 0.2) is 0 Å². The topological polar surface area (TPSA) is 12.0 Å². The van der Waals surface area contributed by atoms with Crippen molar-refractivity contribution in [1.82, 2.24) is 5.32 Å². The van der Waals surface area contributed by atoms with Crippen LogP contribution in [0.1, 0.15) is 78.1 Å². The van der Waals surface area contributed by atoms with Gasteiger partial charge in [0, 0.05) is 6.04 Å². The Labute approximate surface area is 126 Å². The lowest BCUT2D eigenvalue weighted by atomic mass is 9.69. The first-order valence-corrected chi connectivity index (χ1v) is 9.18. The van der Waals surface area contributed by atoms with E-state index in [1.54, 1.807) is 0 Å². The Hall–Kier alpha value is -0.300. The van der Waals surface area contributed by atoms with Crippen LogP contribution < -0.4 is 5.32 Å². The van der Waals surface area contributed by atoms with Crippen LogP contribution in [0.5, 0.6) is 0 Å². The summed E-state index contributed by atoms with van der Waals surface area (Å²) < 4.78 is 0. The SMILES string of the molecule is C/C=C/CCC1CCC(C2CCC(NCC)CC2)CC1. The lowest BCUT2D eigenvalue weighted by Gasteiger charge is -2.38. The molecular weight excluding hydrogens is 242 g/mol. The molecule has 0 aromatic rings. The zero-order valence-corrected chi connectivity index (χ0v) is 13.7. The van der Waals surface area contributed by atoms with E-state index in [1.165, 1.54) is 64.2 Å². The minimum atomic E-state index is 0.827. The van der Waals surface area contributed by atoms with Crippen molar-refractivity contribution in [1.29, 1.82) is 0 Å². The minimum Gasteiger partial charge on any atom is -0.314 e. The first-order chi connectivity index (χ1) is 9.83. The fraction of sp³-hybridized carbons (Fsp3) is 0.895. The van der Waals surface area contributed by atoms with E-state index >= 15 is 0 Å². The second-order valence-electron chi connectivity index (χ2n) is 7.10. The third-order valence-corrected chi connectivity index (χ3v) is 5.80. The maximum absolute atomic E-state index is 3.64. The van der Waals surface area contributed by atoms with Gasteiger partial charge in [-0.2, -0.15) is 0 Å². The van der Waals surface area contributed by atoms with Crippen molar-refractivity contribution in [2.75, 3.05) is 6.54 Å². The van der Waals surface area contributed by atoms with Crippen molar-refractivity contribution < 1.29 is 0 Å². The Bertz CT molecular complexity index is 267. The molecule has 2 aliphatic carbocycles. The fourth-order valence-electron chi connectivity index (χ4n) is 4.53. The molecule has 2 aliphatic rings. The third-order valence-electron chi connectivity index (χ3n) is 5.80. The van der Waals surface area contributed by atoms with Crippen LogP contribution in [0.4, 0.5) is 0 Å². The summed E-state index contributed by atoms with van der Waals surface area (Å²) in [5, 5.41) is 3.64. The summed E-state index contributed by atoms with van der Waals surface area (Å²) in [6.07, 6.45) is 19.2. The van der Waals surface area contributed by atoms with Crippen molar-refractivity contribution in [3.63, 3.8) is 0 Å². The second kappa shape index (κ2) is 8.87. The van der Waals surface area contributed by atoms with Crippen LogP contribution in [0.3, 0.4) is 0 Å². The quantitative estimate of drug-likeness (QED) is 0.648. The molecule has 2 fully saturated rings. The van der Waals surface area contributed by atoms with E-state index in [1.807, 2.05) is 0 Å². The van der Waals surface area contributed by atoms with Crippen LogP contribution in [-0.4, -0.2) is 12.6 Å². The van der Waals surface area contributed by atoms with E-state index in [9.17, 15) is 0 Å². The van der Waals surface area contributed by atoms with Crippen molar-refractivity contribution in [3.05, 3.63) is 12.2 Å². The van der Waals surface area contributed by atoms with Gasteiger partial charge < -0.3 is 5.32 Å². The zero-order valence-electron chi connectivity index (χ0n) is 13.7. The monoisotopic (exact) mass is 277 g/mol. The van der Waals surface area contributed by atoms with Gasteiger partial charge in [0.05, 0.1) is 0 Å². The highest BCUT2D eigenvalue weighted by atomic mass is 14.9. The van der Waals surface area contributed by atoms with Gasteiger partial charge in [0.25, 0.3) is 0 Å². The first kappa shape index (κ1) is 16.1. The zero-order chi connectivity index (χ0) is 14.2. The molecule has 2 saturated carbocycles. The summed E-state index contributed by atoms with van der Waals surface area (Å²) in [5.41, 5.74) is 0. The van der Waals surface area contributed by atoms with E-state index in [0.717, 1.165) is 30.3 Å². The Morgan fingerprint density at radius 3 is 2.05 bits per heavy atom. The normalized spacial score (nSPS) is 35.5. The standard InChI is InChI=1S/C19H35N/c1-3-5-6-7-16-8-10-17(11-9-16)18-12-14-19(15-13-18)20-4-2/h3,5,16-20H,4,6-15H2,1-2H3/b5-3+. The molecule has 1 nitrogen and oxygen atoms in total. The number of hydrogen-bond acceptors (Lipinski definition) is 1. The lowest BCUT2D eigenvalue weighted by Crippen LogP contribution is -2.35. The molecule has 0 unspecified atom stereocenters. The van der Waals surface area contributed by atoms with E-state index < -0.39 is 0 Å². The molecule has 0 saturated heterocycles. The average molecular weight is 277 g/mol. The van der Waals surface area contributed by atoms with Crippen LogP contribution in [-0.2, 0) is 0 Å². The molecule has 0 aromatic carbocycles. The highest BCUT2D eigenvalue weighted by Crippen LogP contribution is 2.40. The molecule has 0 aromatic heterocycles. The van der Waals surface area contributed by atoms with E-state index in [4.69, 9.17) is 0 Å². The maximum atomic E-state index is 3.64. The molecule has 20 heavy (non-hydrogen) atoms. The predicted octanol–water partition coefficient (Wildman–Crippen LogP) is 5.32. The molecule has 0 aliphatic heterocycles. The molecule has 0 radical (unpaired) electrons. The molecule has 116 valence electrons. The van der Waals surface area contributed by atoms with Crippen molar-refractivity contribution in [3.8, 4) is 0 Å². The van der Waals surface area contributed by atoms with Gasteiger partial charge in [-0.25, -0.2) is 0 Å². The summed E-state index contributed by atoms with van der Waals surface area (Å²) in [6.45, 7) is 5.52. The van der Waals surface area contributed by atoms with Gasteiger partial charge in [-0.1, -0.05) is 31.9 Å². The minimum absolute atomic E-state index is 0.827. The van der Waals surface area contributed by atoms with Crippen LogP contribution in [0.25, 0.3) is 0 Å². The Kier molecular flexibility index (Phi) is 7.13. The van der Waals surface area contributed by atoms with Gasteiger partial charge in [-0.15, -0.1) is 0 Å². The average Bonchev–Trinajstić information content (AvgIpc) is 2.49. The Morgan fingerprint density at radius 1 is 0.900 bits per heavy atom. The van der Waals surface area contributed by atoms with E-state index in [-0.39, 0.29) is 0 Å². The number of hydrogen-bond donors (Lipinski definition) is 1. The number of rotatable bonds is 6. The van der Waals surface area contributed by atoms with Crippen molar-refractivity contribution >= 4 is 0 Å². The highest BCUT2D eigenvalue weighted by molar-refractivity contribution is 4.85. The van der Waals surface area contributed by atoms with Crippen LogP contribution in [0, 0.1) is 17.8 Å². The summed E-state index contributed by atoms with van der Waals surface area (Å²) >= 11 is 0. The molecule has 0 atom stereocenters. The van der Waals surface area contributed by atoms with Gasteiger partial charge in [0.2, 0.25) is 0 Å². The summed E-state index contributed by atoms with van der Waals surface area (Å²) in [5.74, 6) is 3.15.